The van der Waals surface area contributed by atoms with Crippen molar-refractivity contribution in [2.45, 2.75) is 45.7 Å². The lowest BCUT2D eigenvalue weighted by Crippen LogP contribution is -2.50. The lowest BCUT2D eigenvalue weighted by molar-refractivity contribution is 0.0837. The number of aryl methyl sites for hydroxylation is 1. The Labute approximate surface area is 186 Å². The Kier molecular flexibility index (Phi) is 5.79. The number of likely N-dealkylation sites (tertiary alicyclic amines) is 1. The van der Waals surface area contributed by atoms with Crippen LogP contribution in [0.4, 0.5) is 10.2 Å². The number of benzene rings is 1. The van der Waals surface area contributed by atoms with Crippen LogP contribution in [0.5, 0.6) is 5.75 Å². The molecule has 0 radical (unpaired) electrons. The monoisotopic (exact) mass is 446 g/mol. The molecule has 3 aromatic rings. The highest BCUT2D eigenvalue weighted by Gasteiger charge is 2.36. The van der Waals surface area contributed by atoms with Crippen LogP contribution in [0.1, 0.15) is 48.2 Å². The normalized spacial score (nSPS) is 17.0. The van der Waals surface area contributed by atoms with E-state index in [9.17, 15) is 4.39 Å². The molecule has 0 aliphatic carbocycles. The second-order valence-electron chi connectivity index (χ2n) is 8.34. The van der Waals surface area contributed by atoms with E-state index in [-0.39, 0.29) is 24.7 Å². The lowest BCUT2D eigenvalue weighted by Gasteiger charge is -2.44. The third kappa shape index (κ3) is 3.51. The summed E-state index contributed by atoms with van der Waals surface area (Å²) in [5.41, 5.74) is 10.5. The summed E-state index contributed by atoms with van der Waals surface area (Å²) in [7, 11) is 1.68. The third-order valence-electron chi connectivity index (χ3n) is 6.43. The molecule has 1 aliphatic rings. The second-order valence-corrected chi connectivity index (χ2v) is 8.74. The number of aromatic nitrogens is 4. The Balaban J connectivity index is 1.80. The van der Waals surface area contributed by atoms with Gasteiger partial charge in [-0.2, -0.15) is 5.10 Å². The number of methoxy groups -OCH3 is 1. The summed E-state index contributed by atoms with van der Waals surface area (Å²) in [6.07, 6.45) is 1.45. The van der Waals surface area contributed by atoms with Gasteiger partial charge in [0.2, 0.25) is 0 Å². The fourth-order valence-electron chi connectivity index (χ4n) is 4.52. The molecule has 0 spiro atoms. The average Bonchev–Trinajstić information content (AvgIpc) is 3.06. The number of nitrogens with two attached hydrogens (primary N) is 1. The highest BCUT2D eigenvalue weighted by atomic mass is 35.5. The van der Waals surface area contributed by atoms with E-state index in [1.807, 2.05) is 38.4 Å². The van der Waals surface area contributed by atoms with E-state index in [2.05, 4.69) is 14.9 Å². The molecule has 2 N–H and O–H groups in total. The van der Waals surface area contributed by atoms with Gasteiger partial charge in [-0.1, -0.05) is 11.6 Å². The highest BCUT2D eigenvalue weighted by molar-refractivity contribution is 6.31. The number of hydrogen-bond acceptors (Lipinski definition) is 6. The van der Waals surface area contributed by atoms with Crippen LogP contribution in [0.15, 0.2) is 12.4 Å². The van der Waals surface area contributed by atoms with E-state index in [1.54, 1.807) is 7.11 Å². The zero-order valence-electron chi connectivity index (χ0n) is 18.5. The molecule has 2 unspecified atom stereocenters. The van der Waals surface area contributed by atoms with E-state index in [1.165, 1.54) is 6.33 Å². The summed E-state index contributed by atoms with van der Waals surface area (Å²) >= 11 is 6.68. The predicted molar refractivity (Wildman–Crippen MR) is 121 cm³/mol. The summed E-state index contributed by atoms with van der Waals surface area (Å²) in [5, 5.41) is 6.12. The number of rotatable bonds is 6. The number of nitrogen functional groups attached to an aromatic ring is 1. The minimum absolute atomic E-state index is 0.0799. The van der Waals surface area contributed by atoms with Gasteiger partial charge in [0.1, 0.15) is 24.6 Å². The molecule has 2 aromatic heterocycles. The predicted octanol–water partition coefficient (Wildman–Crippen LogP) is 4.05. The summed E-state index contributed by atoms with van der Waals surface area (Å²) < 4.78 is 20.8. The molecule has 7 nitrogen and oxygen atoms in total. The largest absolute Gasteiger partial charge is 0.496 e. The maximum atomic E-state index is 13.1. The van der Waals surface area contributed by atoms with E-state index < -0.39 is 0 Å². The van der Waals surface area contributed by atoms with Crippen molar-refractivity contribution in [3.63, 3.8) is 0 Å². The Morgan fingerprint density at radius 2 is 2.00 bits per heavy atom. The molecule has 166 valence electrons. The van der Waals surface area contributed by atoms with Crippen molar-refractivity contribution in [1.29, 1.82) is 0 Å². The van der Waals surface area contributed by atoms with Gasteiger partial charge in [-0.25, -0.2) is 19.0 Å². The first-order chi connectivity index (χ1) is 14.8. The zero-order valence-corrected chi connectivity index (χ0v) is 19.2. The molecule has 1 saturated heterocycles. The standard InChI is InChI=1S/C22H28ClFN6O/c1-11(7-24)29-8-15(9-29)18-12(2)17(23)6-16(20(18)31-5)14(4)30-22-19(13(3)28-30)21(25)26-10-27-22/h6,10-11,14-15H,7-9H2,1-5H3,(H2,25,26,27). The first kappa shape index (κ1) is 21.8. The van der Waals surface area contributed by atoms with Gasteiger partial charge >= 0.3 is 0 Å². The summed E-state index contributed by atoms with van der Waals surface area (Å²) in [6.45, 7) is 9.06. The number of fused-ring (bicyclic) bond motifs is 1. The van der Waals surface area contributed by atoms with Crippen molar-refractivity contribution in [3.05, 3.63) is 39.8 Å². The van der Waals surface area contributed by atoms with Gasteiger partial charge in [0.05, 0.1) is 24.2 Å². The zero-order chi connectivity index (χ0) is 22.4. The number of alkyl halides is 1. The lowest BCUT2D eigenvalue weighted by atomic mass is 9.84. The summed E-state index contributed by atoms with van der Waals surface area (Å²) in [4.78, 5) is 10.7. The highest BCUT2D eigenvalue weighted by Crippen LogP contribution is 2.44. The Morgan fingerprint density at radius 1 is 1.29 bits per heavy atom. The van der Waals surface area contributed by atoms with Gasteiger partial charge in [-0.05, 0) is 39.3 Å². The van der Waals surface area contributed by atoms with Crippen molar-refractivity contribution >= 4 is 28.5 Å². The Hall–Kier alpha value is -2.45. The van der Waals surface area contributed by atoms with Crippen LogP contribution in [0.2, 0.25) is 5.02 Å². The third-order valence-corrected chi connectivity index (χ3v) is 6.82. The smallest absolute Gasteiger partial charge is 0.164 e. The van der Waals surface area contributed by atoms with E-state index in [0.717, 1.165) is 46.6 Å². The maximum absolute atomic E-state index is 13.1. The Bertz CT molecular complexity index is 1130. The molecule has 1 aliphatic heterocycles. The minimum Gasteiger partial charge on any atom is -0.496 e. The molecule has 9 heteroatoms. The molecule has 3 heterocycles. The molecule has 1 aromatic carbocycles. The molecule has 1 fully saturated rings. The van der Waals surface area contributed by atoms with Crippen molar-refractivity contribution in [1.82, 2.24) is 24.6 Å². The van der Waals surface area contributed by atoms with Gasteiger partial charge in [-0.15, -0.1) is 0 Å². The first-order valence-electron chi connectivity index (χ1n) is 10.4. The van der Waals surface area contributed by atoms with Crippen molar-refractivity contribution in [3.8, 4) is 5.75 Å². The van der Waals surface area contributed by atoms with Crippen molar-refractivity contribution < 1.29 is 9.13 Å². The van der Waals surface area contributed by atoms with Crippen LogP contribution in [0.3, 0.4) is 0 Å². The molecule has 0 bridgehead atoms. The molecule has 0 amide bonds. The van der Waals surface area contributed by atoms with Crippen LogP contribution in [-0.2, 0) is 0 Å². The van der Waals surface area contributed by atoms with Gasteiger partial charge in [0, 0.05) is 41.2 Å². The molecule has 2 atom stereocenters. The van der Waals surface area contributed by atoms with Crippen LogP contribution in [0.25, 0.3) is 11.0 Å². The second kappa shape index (κ2) is 8.24. The molecule has 0 saturated carbocycles. The Morgan fingerprint density at radius 3 is 2.65 bits per heavy atom. The van der Waals surface area contributed by atoms with Gasteiger partial charge in [0.25, 0.3) is 0 Å². The SMILES string of the molecule is COc1c(C(C)n2nc(C)c3c(N)ncnc32)cc(Cl)c(C)c1C1CN(C(C)CF)C1. The van der Waals surface area contributed by atoms with Crippen LogP contribution >= 0.6 is 11.6 Å². The number of nitrogens with zero attached hydrogens (tertiary/aromatic N) is 5. The topological polar surface area (TPSA) is 82.1 Å². The number of ether oxygens (including phenoxy) is 1. The fourth-order valence-corrected chi connectivity index (χ4v) is 4.74. The van der Waals surface area contributed by atoms with Crippen LogP contribution < -0.4 is 10.5 Å². The molecular formula is C22H28ClFN6O. The van der Waals surface area contributed by atoms with Crippen molar-refractivity contribution in [2.24, 2.45) is 0 Å². The minimum atomic E-state index is -0.350. The van der Waals surface area contributed by atoms with E-state index in [4.69, 9.17) is 27.2 Å². The quantitative estimate of drug-likeness (QED) is 0.615. The van der Waals surface area contributed by atoms with Crippen molar-refractivity contribution in [2.75, 3.05) is 32.6 Å². The average molecular weight is 447 g/mol. The van der Waals surface area contributed by atoms with Gasteiger partial charge in [0.15, 0.2) is 5.65 Å². The fraction of sp³-hybridized carbons (Fsp3) is 0.500. The number of anilines is 1. The van der Waals surface area contributed by atoms with Crippen LogP contribution in [-0.4, -0.2) is 57.6 Å². The maximum Gasteiger partial charge on any atom is 0.164 e. The number of halogens is 2. The summed E-state index contributed by atoms with van der Waals surface area (Å²) in [6, 6.07) is 1.67. The number of hydrogen-bond donors (Lipinski definition) is 1. The first-order valence-corrected chi connectivity index (χ1v) is 10.8. The van der Waals surface area contributed by atoms with Gasteiger partial charge in [-0.3, -0.25) is 4.90 Å². The molecule has 31 heavy (non-hydrogen) atoms. The molecular weight excluding hydrogens is 419 g/mol. The van der Waals surface area contributed by atoms with E-state index in [0.29, 0.717) is 16.5 Å². The van der Waals surface area contributed by atoms with Gasteiger partial charge < -0.3 is 10.5 Å². The van der Waals surface area contributed by atoms with E-state index >= 15 is 0 Å². The molecule has 4 rings (SSSR count). The summed E-state index contributed by atoms with van der Waals surface area (Å²) in [5.74, 6) is 1.45. The van der Waals surface area contributed by atoms with Crippen LogP contribution in [0, 0.1) is 13.8 Å².